The van der Waals surface area contributed by atoms with Gasteiger partial charge < -0.3 is 4.43 Å². The number of pyridine rings is 1. The SMILES string of the molecule is C[Si](C)(C)C1=Cc2ncccc2O[Si]1(C)C. The van der Waals surface area contributed by atoms with Crippen molar-refractivity contribution >= 4 is 22.5 Å². The molecule has 0 spiro atoms. The van der Waals surface area contributed by atoms with Crippen LogP contribution in [0.25, 0.3) is 6.08 Å². The van der Waals surface area contributed by atoms with E-state index in [4.69, 9.17) is 4.43 Å². The lowest BCUT2D eigenvalue weighted by Gasteiger charge is -2.37. The van der Waals surface area contributed by atoms with Gasteiger partial charge in [-0.15, -0.1) is 0 Å². The summed E-state index contributed by atoms with van der Waals surface area (Å²) in [5.41, 5.74) is 1.01. The maximum atomic E-state index is 6.20. The van der Waals surface area contributed by atoms with Gasteiger partial charge in [-0.2, -0.15) is 0 Å². The van der Waals surface area contributed by atoms with Gasteiger partial charge in [0.25, 0.3) is 8.32 Å². The summed E-state index contributed by atoms with van der Waals surface area (Å²) in [4.78, 5) is 5.95. The van der Waals surface area contributed by atoms with Gasteiger partial charge in [0.1, 0.15) is 11.4 Å². The smallest absolute Gasteiger partial charge is 0.269 e. The molecule has 86 valence electrons. The van der Waals surface area contributed by atoms with Crippen LogP contribution in [0.2, 0.25) is 32.7 Å². The summed E-state index contributed by atoms with van der Waals surface area (Å²) in [6.45, 7) is 11.7. The molecule has 1 aliphatic rings. The molecule has 2 rings (SSSR count). The first-order valence-corrected chi connectivity index (χ1v) is 12.1. The third-order valence-corrected chi connectivity index (χ3v) is 10.9. The second-order valence-corrected chi connectivity index (χ2v) is 15.1. The molecule has 1 aliphatic heterocycles. The lowest BCUT2D eigenvalue weighted by molar-refractivity contribution is 0.552. The first-order chi connectivity index (χ1) is 7.31. The molecule has 0 unspecified atom stereocenters. The fourth-order valence-corrected chi connectivity index (χ4v) is 11.6. The minimum absolute atomic E-state index is 0.959. The number of hydrogen-bond acceptors (Lipinski definition) is 2. The van der Waals surface area contributed by atoms with Crippen LogP contribution < -0.4 is 4.43 Å². The third kappa shape index (κ3) is 1.99. The molecule has 0 bridgehead atoms. The van der Waals surface area contributed by atoms with Gasteiger partial charge in [0.2, 0.25) is 0 Å². The molecule has 1 aromatic rings. The van der Waals surface area contributed by atoms with Crippen LogP contribution in [0.1, 0.15) is 5.69 Å². The summed E-state index contributed by atoms with van der Waals surface area (Å²) in [5.74, 6) is 0.959. The third-order valence-electron chi connectivity index (χ3n) is 2.90. The van der Waals surface area contributed by atoms with Crippen molar-refractivity contribution in [2.75, 3.05) is 0 Å². The average Bonchev–Trinajstić information content (AvgIpc) is 2.13. The van der Waals surface area contributed by atoms with E-state index >= 15 is 0 Å². The van der Waals surface area contributed by atoms with Crippen LogP contribution in [0, 0.1) is 0 Å². The average molecular weight is 249 g/mol. The van der Waals surface area contributed by atoms with Gasteiger partial charge in [-0.05, 0) is 31.3 Å². The lowest BCUT2D eigenvalue weighted by atomic mass is 10.3. The van der Waals surface area contributed by atoms with E-state index in [0.29, 0.717) is 0 Å². The largest absolute Gasteiger partial charge is 0.539 e. The van der Waals surface area contributed by atoms with Gasteiger partial charge >= 0.3 is 0 Å². The van der Waals surface area contributed by atoms with Gasteiger partial charge in [-0.1, -0.05) is 24.5 Å². The Bertz CT molecular complexity index is 447. The predicted molar refractivity (Wildman–Crippen MR) is 73.7 cm³/mol. The molecular formula is C12H19NOSi2. The topological polar surface area (TPSA) is 22.1 Å². The molecule has 1 aromatic heterocycles. The minimum atomic E-state index is -1.72. The second-order valence-electron chi connectivity index (χ2n) is 5.81. The van der Waals surface area contributed by atoms with Crippen molar-refractivity contribution in [1.29, 1.82) is 0 Å². The van der Waals surface area contributed by atoms with E-state index in [9.17, 15) is 0 Å². The first kappa shape index (κ1) is 11.6. The molecule has 0 saturated heterocycles. The zero-order valence-corrected chi connectivity index (χ0v) is 12.7. The molecular weight excluding hydrogens is 230 g/mol. The number of nitrogens with zero attached hydrogens (tertiary/aromatic N) is 1. The number of hydrogen-bond donors (Lipinski definition) is 0. The van der Waals surface area contributed by atoms with Crippen LogP contribution >= 0.6 is 0 Å². The van der Waals surface area contributed by atoms with E-state index < -0.39 is 16.4 Å². The van der Waals surface area contributed by atoms with Crippen molar-refractivity contribution in [2.24, 2.45) is 0 Å². The summed E-state index contributed by atoms with van der Waals surface area (Å²) < 4.78 is 6.20. The normalized spacial score (nSPS) is 18.4. The Morgan fingerprint density at radius 3 is 2.56 bits per heavy atom. The summed E-state index contributed by atoms with van der Waals surface area (Å²) in [6, 6.07) is 3.96. The van der Waals surface area contributed by atoms with E-state index in [2.05, 4.69) is 43.8 Å². The highest BCUT2D eigenvalue weighted by molar-refractivity contribution is 7.03. The molecule has 0 aromatic carbocycles. The molecule has 16 heavy (non-hydrogen) atoms. The zero-order valence-electron chi connectivity index (χ0n) is 10.7. The molecule has 0 amide bonds. The summed E-state index contributed by atoms with van der Waals surface area (Å²) in [7, 11) is -3.03. The van der Waals surface area contributed by atoms with E-state index in [0.717, 1.165) is 11.4 Å². The molecule has 0 atom stereocenters. The maximum absolute atomic E-state index is 6.20. The molecule has 4 heteroatoms. The Morgan fingerprint density at radius 1 is 1.25 bits per heavy atom. The molecule has 0 fully saturated rings. The molecule has 2 nitrogen and oxygen atoms in total. The monoisotopic (exact) mass is 249 g/mol. The van der Waals surface area contributed by atoms with Gasteiger partial charge in [-0.25, -0.2) is 0 Å². The molecule has 2 heterocycles. The highest BCUT2D eigenvalue weighted by Crippen LogP contribution is 2.36. The molecule has 0 aliphatic carbocycles. The summed E-state index contributed by atoms with van der Waals surface area (Å²) >= 11 is 0. The van der Waals surface area contributed by atoms with Crippen LogP contribution in [-0.4, -0.2) is 21.4 Å². The number of aromatic nitrogens is 1. The maximum Gasteiger partial charge on any atom is 0.269 e. The summed E-state index contributed by atoms with van der Waals surface area (Å²) in [5, 5.41) is 0. The van der Waals surface area contributed by atoms with Crippen LogP contribution in [0.4, 0.5) is 0 Å². The van der Waals surface area contributed by atoms with Crippen molar-refractivity contribution in [2.45, 2.75) is 32.7 Å². The number of fused-ring (bicyclic) bond motifs is 1. The van der Waals surface area contributed by atoms with Crippen LogP contribution in [0.3, 0.4) is 0 Å². The lowest BCUT2D eigenvalue weighted by Crippen LogP contribution is -2.48. The quantitative estimate of drug-likeness (QED) is 0.711. The van der Waals surface area contributed by atoms with Crippen LogP contribution in [0.5, 0.6) is 5.75 Å². The van der Waals surface area contributed by atoms with Crippen molar-refractivity contribution in [3.8, 4) is 5.75 Å². The van der Waals surface area contributed by atoms with E-state index in [1.165, 1.54) is 0 Å². The van der Waals surface area contributed by atoms with Crippen LogP contribution in [0.15, 0.2) is 23.1 Å². The van der Waals surface area contributed by atoms with Crippen molar-refractivity contribution < 1.29 is 4.43 Å². The highest BCUT2D eigenvalue weighted by Gasteiger charge is 2.40. The molecule has 0 radical (unpaired) electrons. The van der Waals surface area contributed by atoms with E-state index in [1.54, 1.807) is 4.82 Å². The number of rotatable bonds is 1. The van der Waals surface area contributed by atoms with Crippen molar-refractivity contribution in [3.05, 3.63) is 28.8 Å². The Hall–Kier alpha value is -0.876. The zero-order chi connectivity index (χ0) is 12.0. The Kier molecular flexibility index (Phi) is 2.59. The predicted octanol–water partition coefficient (Wildman–Crippen LogP) is 3.48. The Morgan fingerprint density at radius 2 is 1.94 bits per heavy atom. The van der Waals surface area contributed by atoms with Gasteiger partial charge in [0.15, 0.2) is 0 Å². The van der Waals surface area contributed by atoms with Gasteiger partial charge in [-0.3, -0.25) is 4.98 Å². The van der Waals surface area contributed by atoms with Gasteiger partial charge in [0.05, 0.1) is 8.07 Å². The second kappa shape index (κ2) is 3.56. The van der Waals surface area contributed by atoms with Crippen LogP contribution in [-0.2, 0) is 0 Å². The van der Waals surface area contributed by atoms with Crippen molar-refractivity contribution in [3.63, 3.8) is 0 Å². The highest BCUT2D eigenvalue weighted by atomic mass is 28.4. The Labute approximate surface area is 99.5 Å². The fraction of sp³-hybridized carbons (Fsp3) is 0.417. The molecule has 0 N–H and O–H groups in total. The molecule has 0 saturated carbocycles. The Balaban J connectivity index is 2.56. The van der Waals surface area contributed by atoms with Crippen molar-refractivity contribution in [1.82, 2.24) is 4.98 Å². The van der Waals surface area contributed by atoms with E-state index in [1.807, 2.05) is 18.3 Å². The summed E-state index contributed by atoms with van der Waals surface area (Å²) in [6.07, 6.45) is 4.12. The first-order valence-electron chi connectivity index (χ1n) is 5.67. The minimum Gasteiger partial charge on any atom is -0.539 e. The standard InChI is InChI=1S/C12H19NOSi2/c1-15(2,3)12-9-10-11(7-6-8-13-10)14-16(12,4)5/h6-9H,1-5H3. The fourth-order valence-electron chi connectivity index (χ4n) is 2.36. The van der Waals surface area contributed by atoms with E-state index in [-0.39, 0.29) is 0 Å². The van der Waals surface area contributed by atoms with Gasteiger partial charge in [0, 0.05) is 6.20 Å².